The minimum absolute atomic E-state index is 0.0610. The number of rotatable bonds is 4. The molecule has 1 heterocycles. The van der Waals surface area contributed by atoms with Gasteiger partial charge < -0.3 is 4.98 Å². The van der Waals surface area contributed by atoms with Gasteiger partial charge in [-0.3, -0.25) is 14.9 Å². The summed E-state index contributed by atoms with van der Waals surface area (Å²) in [5.74, 6) is 0.301. The van der Waals surface area contributed by atoms with Gasteiger partial charge in [-0.1, -0.05) is 42.0 Å². The van der Waals surface area contributed by atoms with Gasteiger partial charge in [0.1, 0.15) is 11.5 Å². The van der Waals surface area contributed by atoms with Crippen LogP contribution in [0.4, 0.5) is 5.69 Å². The molecule has 0 unspecified atom stereocenters. The fourth-order valence-electron chi connectivity index (χ4n) is 2.36. The molecule has 0 amide bonds. The molecule has 6 nitrogen and oxygen atoms in total. The van der Waals surface area contributed by atoms with E-state index >= 15 is 0 Å². The number of carbonyl (C=O) groups is 1. The Labute approximate surface area is 132 Å². The lowest BCUT2D eigenvalue weighted by atomic mass is 10.1. The summed E-state index contributed by atoms with van der Waals surface area (Å²) in [7, 11) is 0. The monoisotopic (exact) mass is 307 g/mol. The van der Waals surface area contributed by atoms with E-state index in [4.69, 9.17) is 0 Å². The summed E-state index contributed by atoms with van der Waals surface area (Å²) in [6.07, 6.45) is 0.667. The first-order valence-electron chi connectivity index (χ1n) is 6.96. The zero-order chi connectivity index (χ0) is 16.4. The lowest BCUT2D eigenvalue weighted by Crippen LogP contribution is -1.92. The van der Waals surface area contributed by atoms with E-state index in [2.05, 4.69) is 9.97 Å². The zero-order valence-corrected chi connectivity index (χ0v) is 12.3. The number of nitrogens with one attached hydrogen (secondary N) is 1. The first-order valence-corrected chi connectivity index (χ1v) is 6.96. The van der Waals surface area contributed by atoms with Gasteiger partial charge in [0.15, 0.2) is 6.29 Å². The number of hydrogen-bond acceptors (Lipinski definition) is 4. The number of imidazole rings is 1. The molecule has 0 aliphatic heterocycles. The summed E-state index contributed by atoms with van der Waals surface area (Å²) in [5, 5.41) is 11.2. The van der Waals surface area contributed by atoms with Gasteiger partial charge >= 0.3 is 0 Å². The Hall–Kier alpha value is -3.28. The molecule has 0 aliphatic carbocycles. The van der Waals surface area contributed by atoms with Crippen molar-refractivity contribution in [2.75, 3.05) is 0 Å². The summed E-state index contributed by atoms with van der Waals surface area (Å²) < 4.78 is 0. The Kier molecular flexibility index (Phi) is 3.72. The maximum absolute atomic E-state index is 11.3. The molecule has 0 atom stereocenters. The summed E-state index contributed by atoms with van der Waals surface area (Å²) in [4.78, 5) is 29.3. The van der Waals surface area contributed by atoms with Crippen LogP contribution in [0.25, 0.3) is 22.6 Å². The van der Waals surface area contributed by atoms with Crippen LogP contribution in [0.3, 0.4) is 0 Å². The SMILES string of the molecule is Cc1ccc(-c2nc(-c3ccccc3[N+](=O)[O-])[nH]c2C=O)cc1. The van der Waals surface area contributed by atoms with Crippen molar-refractivity contribution in [2.45, 2.75) is 6.92 Å². The van der Waals surface area contributed by atoms with Crippen molar-refractivity contribution in [3.8, 4) is 22.6 Å². The van der Waals surface area contributed by atoms with Crippen molar-refractivity contribution in [3.63, 3.8) is 0 Å². The molecule has 2 aromatic carbocycles. The second-order valence-corrected chi connectivity index (χ2v) is 5.11. The average Bonchev–Trinajstić information content (AvgIpc) is 2.99. The van der Waals surface area contributed by atoms with Crippen LogP contribution in [-0.2, 0) is 0 Å². The molecule has 0 spiro atoms. The molecular weight excluding hydrogens is 294 g/mol. The van der Waals surface area contributed by atoms with Crippen molar-refractivity contribution in [1.29, 1.82) is 0 Å². The Morgan fingerprint density at radius 2 is 1.83 bits per heavy atom. The molecule has 6 heteroatoms. The summed E-state index contributed by atoms with van der Waals surface area (Å²) in [6.45, 7) is 1.97. The smallest absolute Gasteiger partial charge is 0.280 e. The predicted molar refractivity (Wildman–Crippen MR) is 86.2 cm³/mol. The molecule has 3 rings (SSSR count). The van der Waals surface area contributed by atoms with Crippen LogP contribution in [-0.4, -0.2) is 21.2 Å². The average molecular weight is 307 g/mol. The number of aromatic amines is 1. The molecule has 0 bridgehead atoms. The number of carbonyl (C=O) groups excluding carboxylic acids is 1. The van der Waals surface area contributed by atoms with E-state index in [0.717, 1.165) is 11.1 Å². The van der Waals surface area contributed by atoms with Gasteiger partial charge in [-0.25, -0.2) is 4.98 Å². The van der Waals surface area contributed by atoms with E-state index < -0.39 is 4.92 Å². The number of aryl methyl sites for hydroxylation is 1. The molecule has 0 saturated heterocycles. The van der Waals surface area contributed by atoms with E-state index in [-0.39, 0.29) is 5.69 Å². The Morgan fingerprint density at radius 3 is 2.48 bits per heavy atom. The standard InChI is InChI=1S/C17H13N3O3/c1-11-6-8-12(9-7-11)16-14(10-21)18-17(19-16)13-4-2-3-5-15(13)20(22)23/h2-10H,1H3,(H,18,19). The van der Waals surface area contributed by atoms with Crippen molar-refractivity contribution >= 4 is 12.0 Å². The number of para-hydroxylation sites is 1. The van der Waals surface area contributed by atoms with E-state index in [1.165, 1.54) is 6.07 Å². The number of benzene rings is 2. The van der Waals surface area contributed by atoms with E-state index in [9.17, 15) is 14.9 Å². The third-order valence-corrected chi connectivity index (χ3v) is 3.53. The maximum Gasteiger partial charge on any atom is 0.280 e. The Balaban J connectivity index is 2.15. The molecule has 114 valence electrons. The van der Waals surface area contributed by atoms with Crippen LogP contribution >= 0.6 is 0 Å². The Bertz CT molecular complexity index is 882. The lowest BCUT2D eigenvalue weighted by Gasteiger charge is -1.99. The summed E-state index contributed by atoms with van der Waals surface area (Å²) >= 11 is 0. The van der Waals surface area contributed by atoms with E-state index in [1.807, 2.05) is 31.2 Å². The number of aldehydes is 1. The predicted octanol–water partition coefficient (Wildman–Crippen LogP) is 3.77. The topological polar surface area (TPSA) is 88.9 Å². The van der Waals surface area contributed by atoms with Gasteiger partial charge in [-0.05, 0) is 13.0 Å². The van der Waals surface area contributed by atoms with Gasteiger partial charge in [0.2, 0.25) is 0 Å². The fourth-order valence-corrected chi connectivity index (χ4v) is 2.36. The fraction of sp³-hybridized carbons (Fsp3) is 0.0588. The second kappa shape index (κ2) is 5.84. The number of hydrogen-bond donors (Lipinski definition) is 1. The van der Waals surface area contributed by atoms with Gasteiger partial charge in [-0.15, -0.1) is 0 Å². The van der Waals surface area contributed by atoms with E-state index in [0.29, 0.717) is 29.1 Å². The molecule has 1 N–H and O–H groups in total. The van der Waals surface area contributed by atoms with Crippen LogP contribution in [0.15, 0.2) is 48.5 Å². The number of aromatic nitrogens is 2. The van der Waals surface area contributed by atoms with Crippen LogP contribution in [0, 0.1) is 17.0 Å². The first-order chi connectivity index (χ1) is 11.1. The van der Waals surface area contributed by atoms with Crippen LogP contribution in [0.1, 0.15) is 16.1 Å². The Morgan fingerprint density at radius 1 is 1.13 bits per heavy atom. The largest absolute Gasteiger partial charge is 0.335 e. The molecule has 0 saturated carbocycles. The maximum atomic E-state index is 11.3. The minimum atomic E-state index is -0.468. The van der Waals surface area contributed by atoms with Crippen molar-refractivity contribution in [2.24, 2.45) is 0 Å². The highest BCUT2D eigenvalue weighted by Crippen LogP contribution is 2.30. The molecule has 0 radical (unpaired) electrons. The molecule has 0 fully saturated rings. The number of nitro benzene ring substituents is 1. The highest BCUT2D eigenvalue weighted by molar-refractivity contribution is 5.86. The molecular formula is C17H13N3O3. The van der Waals surface area contributed by atoms with Gasteiger partial charge in [0.25, 0.3) is 5.69 Å². The van der Waals surface area contributed by atoms with Gasteiger partial charge in [0.05, 0.1) is 16.2 Å². The van der Waals surface area contributed by atoms with Crippen molar-refractivity contribution in [3.05, 3.63) is 69.9 Å². The van der Waals surface area contributed by atoms with E-state index in [1.54, 1.807) is 18.2 Å². The van der Waals surface area contributed by atoms with Crippen LogP contribution in [0.2, 0.25) is 0 Å². The van der Waals surface area contributed by atoms with Crippen molar-refractivity contribution in [1.82, 2.24) is 9.97 Å². The number of H-pyrrole nitrogens is 1. The zero-order valence-electron chi connectivity index (χ0n) is 12.3. The third-order valence-electron chi connectivity index (χ3n) is 3.53. The molecule has 1 aromatic heterocycles. The van der Waals surface area contributed by atoms with Crippen LogP contribution in [0.5, 0.6) is 0 Å². The molecule has 0 aliphatic rings. The quantitative estimate of drug-likeness (QED) is 0.451. The summed E-state index contributed by atoms with van der Waals surface area (Å²) in [5.41, 5.74) is 2.93. The third kappa shape index (κ3) is 2.74. The van der Waals surface area contributed by atoms with Crippen LogP contribution < -0.4 is 0 Å². The molecule has 3 aromatic rings. The minimum Gasteiger partial charge on any atom is -0.335 e. The summed E-state index contributed by atoms with van der Waals surface area (Å²) in [6, 6.07) is 13.9. The lowest BCUT2D eigenvalue weighted by molar-refractivity contribution is -0.384. The normalized spacial score (nSPS) is 10.5. The highest BCUT2D eigenvalue weighted by atomic mass is 16.6. The van der Waals surface area contributed by atoms with Gasteiger partial charge in [-0.2, -0.15) is 0 Å². The van der Waals surface area contributed by atoms with Gasteiger partial charge in [0, 0.05) is 11.6 Å². The second-order valence-electron chi connectivity index (χ2n) is 5.11. The molecule has 23 heavy (non-hydrogen) atoms. The van der Waals surface area contributed by atoms with Crippen molar-refractivity contribution < 1.29 is 9.72 Å². The number of nitrogens with zero attached hydrogens (tertiary/aromatic N) is 2. The first kappa shape index (κ1) is 14.6. The highest BCUT2D eigenvalue weighted by Gasteiger charge is 2.19. The number of nitro groups is 1.